The van der Waals surface area contributed by atoms with Crippen LogP contribution in [0.1, 0.15) is 40.0 Å². The third kappa shape index (κ3) is 0.774. The highest BCUT2D eigenvalue weighted by atomic mass is 16.3. The van der Waals surface area contributed by atoms with Crippen molar-refractivity contribution in [1.82, 2.24) is 0 Å². The van der Waals surface area contributed by atoms with Gasteiger partial charge in [-0.05, 0) is 30.1 Å². The highest BCUT2D eigenvalue weighted by Gasteiger charge is 2.68. The summed E-state index contributed by atoms with van der Waals surface area (Å²) >= 11 is 0. The van der Waals surface area contributed by atoms with Gasteiger partial charge in [0.2, 0.25) is 0 Å². The molecular weight excluding hydrogens is 164 g/mol. The summed E-state index contributed by atoms with van der Waals surface area (Å²) < 4.78 is 0. The molecule has 2 nitrogen and oxygen atoms in total. The quantitative estimate of drug-likeness (QED) is 0.649. The molecule has 0 aromatic rings. The number of hydrogen-bond acceptors (Lipinski definition) is 2. The van der Waals surface area contributed by atoms with Crippen LogP contribution in [-0.4, -0.2) is 22.9 Å². The Bertz CT molecular complexity index is 236. The van der Waals surface area contributed by atoms with E-state index in [4.69, 9.17) is 0 Å². The molecule has 0 aromatic carbocycles. The SMILES string of the molecule is CC1(C)[C@@]2(CO)CC[C@]1(C)[C@H](O)C2. The van der Waals surface area contributed by atoms with Crippen molar-refractivity contribution in [2.24, 2.45) is 16.2 Å². The van der Waals surface area contributed by atoms with Crippen LogP contribution >= 0.6 is 0 Å². The highest BCUT2D eigenvalue weighted by Crippen LogP contribution is 2.71. The number of hydrogen-bond donors (Lipinski definition) is 2. The van der Waals surface area contributed by atoms with Crippen LogP contribution in [0.5, 0.6) is 0 Å². The van der Waals surface area contributed by atoms with E-state index >= 15 is 0 Å². The number of fused-ring (bicyclic) bond motifs is 2. The molecule has 76 valence electrons. The lowest BCUT2D eigenvalue weighted by Gasteiger charge is -2.40. The standard InChI is InChI=1S/C11H20O2/c1-9(2)10(3)4-5-11(9,7-12)6-8(10)13/h8,12-13H,4-7H2,1-3H3/t8-,10-,11+/m1/s1. The van der Waals surface area contributed by atoms with Gasteiger partial charge in [0.15, 0.2) is 0 Å². The first kappa shape index (κ1) is 9.47. The van der Waals surface area contributed by atoms with E-state index in [0.29, 0.717) is 0 Å². The van der Waals surface area contributed by atoms with Crippen molar-refractivity contribution in [1.29, 1.82) is 0 Å². The molecule has 0 heterocycles. The maximum atomic E-state index is 10.00. The van der Waals surface area contributed by atoms with Crippen LogP contribution in [0, 0.1) is 16.2 Å². The summed E-state index contributed by atoms with van der Waals surface area (Å²) in [5, 5.41) is 19.5. The molecule has 2 fully saturated rings. The minimum atomic E-state index is -0.219. The summed E-state index contributed by atoms with van der Waals surface area (Å²) in [6.07, 6.45) is 2.70. The Labute approximate surface area is 80.0 Å². The van der Waals surface area contributed by atoms with Gasteiger partial charge in [0.1, 0.15) is 0 Å². The van der Waals surface area contributed by atoms with Crippen LogP contribution < -0.4 is 0 Å². The third-order valence-corrected chi connectivity index (χ3v) is 5.50. The van der Waals surface area contributed by atoms with Crippen molar-refractivity contribution in [3.63, 3.8) is 0 Å². The molecule has 0 saturated heterocycles. The molecule has 13 heavy (non-hydrogen) atoms. The van der Waals surface area contributed by atoms with Gasteiger partial charge in [-0.1, -0.05) is 20.8 Å². The topological polar surface area (TPSA) is 40.5 Å². The first-order valence-corrected chi connectivity index (χ1v) is 5.19. The summed E-state index contributed by atoms with van der Waals surface area (Å²) in [7, 11) is 0. The second kappa shape index (κ2) is 2.29. The minimum Gasteiger partial charge on any atom is -0.396 e. The van der Waals surface area contributed by atoms with Gasteiger partial charge in [-0.2, -0.15) is 0 Å². The van der Waals surface area contributed by atoms with Crippen LogP contribution in [0.2, 0.25) is 0 Å². The molecule has 2 aliphatic carbocycles. The van der Waals surface area contributed by atoms with Gasteiger partial charge < -0.3 is 10.2 Å². The highest BCUT2D eigenvalue weighted by molar-refractivity contribution is 5.17. The smallest absolute Gasteiger partial charge is 0.0605 e. The van der Waals surface area contributed by atoms with Crippen molar-refractivity contribution < 1.29 is 10.2 Å². The van der Waals surface area contributed by atoms with Gasteiger partial charge in [-0.3, -0.25) is 0 Å². The van der Waals surface area contributed by atoms with Crippen LogP contribution in [0.15, 0.2) is 0 Å². The summed E-state index contributed by atoms with van der Waals surface area (Å²) in [6, 6.07) is 0. The van der Waals surface area contributed by atoms with E-state index in [9.17, 15) is 10.2 Å². The Balaban J connectivity index is 2.46. The number of aliphatic hydroxyl groups excluding tert-OH is 2. The van der Waals surface area contributed by atoms with Crippen LogP contribution in [0.4, 0.5) is 0 Å². The van der Waals surface area contributed by atoms with Crippen molar-refractivity contribution in [3.8, 4) is 0 Å². The average Bonchev–Trinajstić information content (AvgIpc) is 2.34. The first-order chi connectivity index (χ1) is 5.90. The fraction of sp³-hybridized carbons (Fsp3) is 1.00. The molecule has 2 N–H and O–H groups in total. The molecule has 2 aliphatic rings. The second-order valence-corrected chi connectivity index (χ2v) is 5.70. The Morgan fingerprint density at radius 3 is 2.08 bits per heavy atom. The minimum absolute atomic E-state index is 0.0127. The monoisotopic (exact) mass is 184 g/mol. The molecule has 3 atom stereocenters. The zero-order valence-electron chi connectivity index (χ0n) is 8.80. The molecule has 0 aromatic heterocycles. The summed E-state index contributed by atoms with van der Waals surface area (Å²) in [6.45, 7) is 6.80. The van der Waals surface area contributed by atoms with E-state index in [2.05, 4.69) is 20.8 Å². The van der Waals surface area contributed by atoms with E-state index in [1.807, 2.05) is 0 Å². The maximum Gasteiger partial charge on any atom is 0.0605 e. The Hall–Kier alpha value is -0.0800. The second-order valence-electron chi connectivity index (χ2n) is 5.70. The lowest BCUT2D eigenvalue weighted by Crippen LogP contribution is -2.38. The Morgan fingerprint density at radius 1 is 1.23 bits per heavy atom. The summed E-state index contributed by atoms with van der Waals surface area (Å²) in [4.78, 5) is 0. The molecule has 2 rings (SSSR count). The molecule has 2 bridgehead atoms. The maximum absolute atomic E-state index is 10.00. The predicted molar refractivity (Wildman–Crippen MR) is 51.3 cm³/mol. The van der Waals surface area contributed by atoms with Gasteiger partial charge in [0.25, 0.3) is 0 Å². The summed E-state index contributed by atoms with van der Waals surface area (Å²) in [5.41, 5.74) is 0.0884. The summed E-state index contributed by atoms with van der Waals surface area (Å²) in [5.74, 6) is 0. The van der Waals surface area contributed by atoms with Crippen molar-refractivity contribution in [3.05, 3.63) is 0 Å². The average molecular weight is 184 g/mol. The van der Waals surface area contributed by atoms with Gasteiger partial charge >= 0.3 is 0 Å². The van der Waals surface area contributed by atoms with Crippen LogP contribution in [-0.2, 0) is 0 Å². The van der Waals surface area contributed by atoms with Crippen molar-refractivity contribution in [2.45, 2.75) is 46.1 Å². The first-order valence-electron chi connectivity index (χ1n) is 5.19. The van der Waals surface area contributed by atoms with Gasteiger partial charge in [-0.25, -0.2) is 0 Å². The lowest BCUT2D eigenvalue weighted by atomic mass is 9.65. The fourth-order valence-electron chi connectivity index (χ4n) is 3.61. The van der Waals surface area contributed by atoms with Crippen LogP contribution in [0.25, 0.3) is 0 Å². The van der Waals surface area contributed by atoms with Gasteiger partial charge in [0.05, 0.1) is 6.10 Å². The van der Waals surface area contributed by atoms with Crippen molar-refractivity contribution in [2.75, 3.05) is 6.61 Å². The normalized spacial score (nSPS) is 52.8. The number of rotatable bonds is 1. The van der Waals surface area contributed by atoms with E-state index < -0.39 is 0 Å². The zero-order valence-corrected chi connectivity index (χ0v) is 8.80. The van der Waals surface area contributed by atoms with Crippen LogP contribution in [0.3, 0.4) is 0 Å². The molecule has 0 amide bonds. The Morgan fingerprint density at radius 2 is 1.85 bits per heavy atom. The van der Waals surface area contributed by atoms with E-state index in [1.54, 1.807) is 0 Å². The number of aliphatic hydroxyl groups is 2. The molecule has 0 spiro atoms. The molecule has 0 aliphatic heterocycles. The third-order valence-electron chi connectivity index (χ3n) is 5.50. The lowest BCUT2D eigenvalue weighted by molar-refractivity contribution is 0.00712. The van der Waals surface area contributed by atoms with Crippen molar-refractivity contribution >= 4 is 0 Å². The Kier molecular flexibility index (Phi) is 1.67. The van der Waals surface area contributed by atoms with E-state index in [0.717, 1.165) is 19.3 Å². The predicted octanol–water partition coefficient (Wildman–Crippen LogP) is 1.56. The zero-order chi connectivity index (χ0) is 9.91. The molecule has 0 radical (unpaired) electrons. The van der Waals surface area contributed by atoms with E-state index in [1.165, 1.54) is 0 Å². The molecular formula is C11H20O2. The molecule has 0 unspecified atom stereocenters. The largest absolute Gasteiger partial charge is 0.396 e. The van der Waals surface area contributed by atoms with Gasteiger partial charge in [0, 0.05) is 12.0 Å². The van der Waals surface area contributed by atoms with Gasteiger partial charge in [-0.15, -0.1) is 0 Å². The fourth-order valence-corrected chi connectivity index (χ4v) is 3.61. The molecule has 2 heteroatoms. The van der Waals surface area contributed by atoms with E-state index in [-0.39, 0.29) is 29.0 Å². The molecule has 2 saturated carbocycles.